The lowest BCUT2D eigenvalue weighted by Gasteiger charge is -2.34. The van der Waals surface area contributed by atoms with E-state index in [0.29, 0.717) is 17.5 Å². The minimum absolute atomic E-state index is 0.547. The van der Waals surface area contributed by atoms with E-state index < -0.39 is 5.41 Å². The molecule has 4 heteroatoms. The second-order valence-corrected chi connectivity index (χ2v) is 14.3. The van der Waals surface area contributed by atoms with Crippen LogP contribution >= 0.6 is 0 Å². The van der Waals surface area contributed by atoms with Crippen molar-refractivity contribution in [3.05, 3.63) is 222 Å². The molecule has 0 radical (unpaired) electrons. The Bertz CT molecular complexity index is 3030. The lowest BCUT2D eigenvalue weighted by molar-refractivity contribution is 0.669. The number of hydrogen-bond donors (Lipinski definition) is 0. The third-order valence-electron chi connectivity index (χ3n) is 11.2. The summed E-state index contributed by atoms with van der Waals surface area (Å²) in [6.07, 6.45) is 0. The zero-order valence-corrected chi connectivity index (χ0v) is 30.3. The molecule has 56 heavy (non-hydrogen) atoms. The highest BCUT2D eigenvalue weighted by atomic mass is 16.3. The van der Waals surface area contributed by atoms with E-state index in [1.165, 1.54) is 33.4 Å². The maximum atomic E-state index is 6.52. The minimum Gasteiger partial charge on any atom is -0.456 e. The second-order valence-electron chi connectivity index (χ2n) is 14.3. The number of hydrogen-bond acceptors (Lipinski definition) is 4. The third-order valence-corrected chi connectivity index (χ3v) is 11.2. The Balaban J connectivity index is 1.19. The average molecular weight is 716 g/mol. The molecule has 0 atom stereocenters. The Morgan fingerprint density at radius 2 is 0.893 bits per heavy atom. The van der Waals surface area contributed by atoms with Crippen molar-refractivity contribution in [1.29, 1.82) is 0 Å². The summed E-state index contributed by atoms with van der Waals surface area (Å²) in [5, 5.41) is 2.00. The van der Waals surface area contributed by atoms with Gasteiger partial charge in [0.25, 0.3) is 0 Å². The smallest absolute Gasteiger partial charge is 0.164 e. The standard InChI is InChI=1S/C52H33N3O/c1-5-17-34(18-6-1)37-31-43(48-42-26-14-16-28-46(42)56-47(48)33-37)51-54-49(35-19-7-2-8-20-35)53-50(55-51)36-29-30-41-40-25-13-15-27-44(40)52(45(41)32-36,38-21-9-3-10-22-38)39-23-11-4-12-24-39/h1-33H. The number of benzene rings is 8. The fraction of sp³-hybridized carbons (Fsp3) is 0.0192. The highest BCUT2D eigenvalue weighted by molar-refractivity contribution is 6.13. The van der Waals surface area contributed by atoms with Gasteiger partial charge in [-0.2, -0.15) is 0 Å². The number of aromatic nitrogens is 3. The molecule has 0 N–H and O–H groups in total. The Morgan fingerprint density at radius 3 is 1.61 bits per heavy atom. The summed E-state index contributed by atoms with van der Waals surface area (Å²) in [7, 11) is 0. The fourth-order valence-corrected chi connectivity index (χ4v) is 8.75. The highest BCUT2D eigenvalue weighted by Gasteiger charge is 2.46. The molecule has 4 nitrogen and oxygen atoms in total. The summed E-state index contributed by atoms with van der Waals surface area (Å²) in [5.74, 6) is 1.80. The maximum absolute atomic E-state index is 6.52. The van der Waals surface area contributed by atoms with Gasteiger partial charge in [0.2, 0.25) is 0 Å². The van der Waals surface area contributed by atoms with Crippen molar-refractivity contribution < 1.29 is 4.42 Å². The van der Waals surface area contributed by atoms with Crippen LogP contribution in [0.3, 0.4) is 0 Å². The highest BCUT2D eigenvalue weighted by Crippen LogP contribution is 2.56. The summed E-state index contributed by atoms with van der Waals surface area (Å²) in [4.78, 5) is 15.8. The molecular weight excluding hydrogens is 683 g/mol. The topological polar surface area (TPSA) is 51.8 Å². The van der Waals surface area contributed by atoms with Gasteiger partial charge in [0, 0.05) is 27.5 Å². The molecule has 0 unspecified atom stereocenters. The van der Waals surface area contributed by atoms with Gasteiger partial charge in [0.05, 0.1) is 5.41 Å². The summed E-state index contributed by atoms with van der Waals surface area (Å²) in [6, 6.07) is 70.4. The first-order valence-corrected chi connectivity index (χ1v) is 18.9. The van der Waals surface area contributed by atoms with Crippen LogP contribution in [-0.2, 0) is 5.41 Å². The first-order valence-electron chi connectivity index (χ1n) is 18.9. The molecular formula is C52H33N3O. The SMILES string of the molecule is c1ccc(-c2cc(-c3nc(-c4ccccc4)nc(-c4ccc5c(c4)C(c4ccccc4)(c4ccccc4)c4ccccc4-5)n3)c3c(c2)oc2ccccc23)cc1. The molecule has 2 aromatic heterocycles. The van der Waals surface area contributed by atoms with Gasteiger partial charge >= 0.3 is 0 Å². The van der Waals surface area contributed by atoms with Crippen molar-refractivity contribution in [2.24, 2.45) is 0 Å². The van der Waals surface area contributed by atoms with Crippen LogP contribution in [0.15, 0.2) is 205 Å². The lowest BCUT2D eigenvalue weighted by atomic mass is 9.67. The molecule has 0 bridgehead atoms. The molecule has 0 amide bonds. The molecule has 0 aliphatic heterocycles. The van der Waals surface area contributed by atoms with Crippen LogP contribution in [0.4, 0.5) is 0 Å². The van der Waals surface area contributed by atoms with Crippen molar-refractivity contribution in [3.63, 3.8) is 0 Å². The van der Waals surface area contributed by atoms with Crippen LogP contribution in [0, 0.1) is 0 Å². The molecule has 11 rings (SSSR count). The predicted molar refractivity (Wildman–Crippen MR) is 226 cm³/mol. The number of nitrogens with zero attached hydrogens (tertiary/aromatic N) is 3. The minimum atomic E-state index is -0.547. The van der Waals surface area contributed by atoms with Crippen LogP contribution in [0.2, 0.25) is 0 Å². The zero-order chi connectivity index (χ0) is 37.1. The normalized spacial score (nSPS) is 12.8. The Hall–Kier alpha value is -7.43. The molecule has 0 spiro atoms. The lowest BCUT2D eigenvalue weighted by Crippen LogP contribution is -2.28. The quantitative estimate of drug-likeness (QED) is 0.172. The molecule has 0 saturated heterocycles. The van der Waals surface area contributed by atoms with Crippen LogP contribution in [0.25, 0.3) is 78.4 Å². The average Bonchev–Trinajstić information content (AvgIpc) is 3.81. The van der Waals surface area contributed by atoms with Gasteiger partial charge in [-0.3, -0.25) is 0 Å². The predicted octanol–water partition coefficient (Wildman–Crippen LogP) is 12.8. The van der Waals surface area contributed by atoms with E-state index in [2.05, 4.69) is 164 Å². The van der Waals surface area contributed by atoms with Gasteiger partial charge in [-0.1, -0.05) is 176 Å². The van der Waals surface area contributed by atoms with Crippen molar-refractivity contribution in [2.75, 3.05) is 0 Å². The molecule has 262 valence electrons. The van der Waals surface area contributed by atoms with Crippen LogP contribution in [0.5, 0.6) is 0 Å². The van der Waals surface area contributed by atoms with Crippen molar-refractivity contribution in [1.82, 2.24) is 15.0 Å². The summed E-state index contributed by atoms with van der Waals surface area (Å²) >= 11 is 0. The van der Waals surface area contributed by atoms with Crippen molar-refractivity contribution in [2.45, 2.75) is 5.41 Å². The summed E-state index contributed by atoms with van der Waals surface area (Å²) in [6.45, 7) is 0. The first-order chi connectivity index (χ1) is 27.8. The van der Waals surface area contributed by atoms with E-state index in [1.54, 1.807) is 0 Å². The largest absolute Gasteiger partial charge is 0.456 e. The van der Waals surface area contributed by atoms with Crippen LogP contribution in [0.1, 0.15) is 22.3 Å². The molecule has 0 saturated carbocycles. The van der Waals surface area contributed by atoms with E-state index in [4.69, 9.17) is 19.4 Å². The summed E-state index contributed by atoms with van der Waals surface area (Å²) < 4.78 is 6.52. The van der Waals surface area contributed by atoms with E-state index in [0.717, 1.165) is 49.8 Å². The molecule has 2 heterocycles. The number of para-hydroxylation sites is 1. The molecule has 10 aromatic rings. The monoisotopic (exact) mass is 715 g/mol. The van der Waals surface area contributed by atoms with Crippen molar-refractivity contribution >= 4 is 21.9 Å². The van der Waals surface area contributed by atoms with Gasteiger partial charge in [-0.25, -0.2) is 15.0 Å². The van der Waals surface area contributed by atoms with Gasteiger partial charge in [-0.15, -0.1) is 0 Å². The number of rotatable bonds is 6. The Kier molecular flexibility index (Phi) is 7.36. The maximum Gasteiger partial charge on any atom is 0.164 e. The van der Waals surface area contributed by atoms with Gasteiger partial charge in [0.1, 0.15) is 11.2 Å². The second kappa shape index (κ2) is 12.9. The zero-order valence-electron chi connectivity index (χ0n) is 30.3. The van der Waals surface area contributed by atoms with Gasteiger partial charge < -0.3 is 4.42 Å². The Morgan fingerprint density at radius 1 is 0.339 bits per heavy atom. The molecule has 8 aromatic carbocycles. The summed E-state index contributed by atoms with van der Waals surface area (Å²) in [5.41, 5.74) is 13.2. The fourth-order valence-electron chi connectivity index (χ4n) is 8.75. The number of furan rings is 1. The van der Waals surface area contributed by atoms with Crippen molar-refractivity contribution in [3.8, 4) is 56.4 Å². The third kappa shape index (κ3) is 4.96. The Labute approximate surface area is 324 Å². The molecule has 1 aliphatic carbocycles. The van der Waals surface area contributed by atoms with Gasteiger partial charge in [-0.05, 0) is 68.8 Å². The van der Waals surface area contributed by atoms with Crippen LogP contribution in [-0.4, -0.2) is 15.0 Å². The molecule has 1 aliphatic rings. The van der Waals surface area contributed by atoms with Gasteiger partial charge in [0.15, 0.2) is 17.5 Å². The first kappa shape index (κ1) is 32.0. The van der Waals surface area contributed by atoms with E-state index in [9.17, 15) is 0 Å². The van der Waals surface area contributed by atoms with E-state index in [1.807, 2.05) is 36.4 Å². The van der Waals surface area contributed by atoms with E-state index in [-0.39, 0.29) is 0 Å². The van der Waals surface area contributed by atoms with E-state index >= 15 is 0 Å². The van der Waals surface area contributed by atoms with Crippen LogP contribution < -0.4 is 0 Å². The molecule has 0 fully saturated rings. The number of fused-ring (bicyclic) bond motifs is 6.